The molecule has 16 atom stereocenters. The number of nitrogens with one attached hydrogen (secondary N) is 3. The molecule has 0 aromatic heterocycles. The summed E-state index contributed by atoms with van der Waals surface area (Å²) in [6.45, 7) is 16.4. The Morgan fingerprint density at radius 1 is 0.808 bits per heavy atom. The molecule has 0 radical (unpaired) electrons. The molecule has 2 bridgehead atoms. The van der Waals surface area contributed by atoms with E-state index in [1.165, 1.54) is 26.0 Å². The molecule has 1 aliphatic heterocycles. The number of amides is 2. The highest BCUT2D eigenvalue weighted by atomic mass is 32.2. The number of carbonyl (C=O) groups excluding carboxylic acids is 8. The van der Waals surface area contributed by atoms with Gasteiger partial charge in [0, 0.05) is 74.7 Å². The predicted molar refractivity (Wildman–Crippen MR) is 368 cm³/mol. The predicted octanol–water partition coefficient (Wildman–Crippen LogP) is 5.48. The van der Waals surface area contributed by atoms with E-state index in [-0.39, 0.29) is 78.5 Å². The van der Waals surface area contributed by atoms with E-state index in [2.05, 4.69) is 42.4 Å². The maximum atomic E-state index is 15.5. The molecular weight excluding hydrogens is 1320 g/mol. The molecule has 1 heterocycles. The third-order valence-corrected chi connectivity index (χ3v) is 20.9. The Kier molecular flexibility index (Phi) is 27.0. The van der Waals surface area contributed by atoms with Crippen molar-refractivity contribution in [2.24, 2.45) is 28.4 Å². The number of hydrogen-bond donors (Lipinski definition) is 8. The van der Waals surface area contributed by atoms with E-state index in [4.69, 9.17) is 38.9 Å². The van der Waals surface area contributed by atoms with Gasteiger partial charge in [0.1, 0.15) is 45.9 Å². The van der Waals surface area contributed by atoms with Crippen LogP contribution in [0.15, 0.2) is 132 Å². The van der Waals surface area contributed by atoms with Crippen molar-refractivity contribution < 1.29 is 95.3 Å². The van der Waals surface area contributed by atoms with Crippen molar-refractivity contribution in [3.8, 4) is 0 Å². The summed E-state index contributed by atoms with van der Waals surface area (Å²) in [5.74, 6) is -7.48. The molecule has 24 nitrogen and oxygen atoms in total. The lowest BCUT2D eigenvalue weighted by Crippen LogP contribution is -2.82. The van der Waals surface area contributed by atoms with Crippen LogP contribution in [0.25, 0.3) is 0 Å². The number of thiol groups is 1. The fourth-order valence-electron chi connectivity index (χ4n) is 13.7. The number of fused-ring (bicyclic) bond motifs is 5. The Morgan fingerprint density at radius 2 is 1.39 bits per heavy atom. The zero-order valence-electron chi connectivity index (χ0n) is 57.9. The Labute approximate surface area is 584 Å². The molecule has 3 aliphatic carbocycles. The molecule has 4 aromatic carbocycles. The molecule has 4 aromatic rings. The van der Waals surface area contributed by atoms with E-state index in [9.17, 15) is 57.3 Å². The first kappa shape index (κ1) is 78.9. The van der Waals surface area contributed by atoms with E-state index in [0.29, 0.717) is 17.9 Å². The van der Waals surface area contributed by atoms with Crippen LogP contribution in [-0.2, 0) is 78.2 Å². The van der Waals surface area contributed by atoms with Crippen LogP contribution in [0.4, 0.5) is 0 Å². The average molecular weight is 1410 g/mol. The highest BCUT2D eigenvalue weighted by Gasteiger charge is 2.78. The molecule has 4 aliphatic rings. The summed E-state index contributed by atoms with van der Waals surface area (Å²) in [4.78, 5) is 110. The van der Waals surface area contributed by atoms with Gasteiger partial charge in [0.15, 0.2) is 23.6 Å². The monoisotopic (exact) mass is 1410 g/mol. The highest BCUT2D eigenvalue weighted by molar-refractivity contribution is 7.90. The van der Waals surface area contributed by atoms with Gasteiger partial charge in [-0.15, -0.1) is 0 Å². The summed E-state index contributed by atoms with van der Waals surface area (Å²) in [6.07, 6.45) is -9.64. The number of hydrogen-bond acceptors (Lipinski definition) is 23. The summed E-state index contributed by atoms with van der Waals surface area (Å²) in [6, 6.07) is 31.1. The van der Waals surface area contributed by atoms with Crippen molar-refractivity contribution in [3.63, 3.8) is 0 Å². The number of Topliss-reactive ketones (excluding diaryl/α,β-unsaturated/α-hetero) is 1. The number of ether oxygens (including phenoxy) is 7. The van der Waals surface area contributed by atoms with Crippen LogP contribution in [0.1, 0.15) is 133 Å². The third kappa shape index (κ3) is 18.6. The van der Waals surface area contributed by atoms with Crippen molar-refractivity contribution in [2.45, 2.75) is 186 Å². The maximum absolute atomic E-state index is 15.5. The summed E-state index contributed by atoms with van der Waals surface area (Å²) in [5, 5.41) is 46.3. The van der Waals surface area contributed by atoms with Crippen LogP contribution in [0, 0.1) is 22.7 Å². The second-order valence-corrected chi connectivity index (χ2v) is 29.8. The molecule has 1 saturated heterocycles. The number of aliphatic hydroxyl groups is 3. The van der Waals surface area contributed by atoms with Crippen LogP contribution < -0.4 is 21.7 Å². The standard InChI is InChI=1S/C47H51NO14.C26H45N3O6S2/c1-25-31(60-43(56)36(52)35(28-16-10-7-11-17-28)48-41(54)29-18-12-8-13-19-29)23-47(57)40(61-42(55)30-20-14-9-15-21-30)38-45(6,32(51)22-33-46(38,24-58-33)62-27(3)50)39(53)37(59-26(2)49)34(25)44(47,4)5;1-6-19(4)23(28-15-21(27)17-36)16-34-24(14-20-10-8-7-9-11-20)25(30)29-22(12-13-37(5,32)33)26(31)35-18(2)3/h7-21,31-33,35-38,40,51-52,57H,22-24H2,1-6H3,(H,48,54);7-11,18-19,21-24,28,36H,6,12-17,27H2,1-5H3,(H,29,30)/t31-,32-,33+,35-,36+,37+,38-,40-,45+,46-,47+;19-,21+,22-,23+,24-/m00/s1. The van der Waals surface area contributed by atoms with Gasteiger partial charge in [0.2, 0.25) is 5.91 Å². The first-order chi connectivity index (χ1) is 46.6. The summed E-state index contributed by atoms with van der Waals surface area (Å²) >= 11 is 4.24. The largest absolute Gasteiger partial charge is 0.461 e. The maximum Gasteiger partial charge on any atom is 0.338 e. The molecule has 3 fully saturated rings. The van der Waals surface area contributed by atoms with Gasteiger partial charge >= 0.3 is 29.8 Å². The molecule has 8 N–H and O–H groups in total. The molecule has 2 amide bonds. The minimum atomic E-state index is -3.35. The molecule has 0 spiro atoms. The first-order valence-electron chi connectivity index (χ1n) is 33.3. The van der Waals surface area contributed by atoms with Gasteiger partial charge in [-0.3, -0.25) is 24.0 Å². The normalized spacial score (nSPS) is 25.9. The van der Waals surface area contributed by atoms with Crippen molar-refractivity contribution in [1.82, 2.24) is 16.0 Å². The Balaban J connectivity index is 0.000000320. The van der Waals surface area contributed by atoms with Gasteiger partial charge in [0.25, 0.3) is 5.91 Å². The number of benzene rings is 4. The third-order valence-electron chi connectivity index (χ3n) is 19.5. The Hall–Kier alpha value is -7.40. The molecule has 0 unspecified atom stereocenters. The van der Waals surface area contributed by atoms with Crippen LogP contribution in [0.5, 0.6) is 0 Å². The van der Waals surface area contributed by atoms with Gasteiger partial charge < -0.3 is 70.2 Å². The molecule has 540 valence electrons. The number of sulfone groups is 1. The van der Waals surface area contributed by atoms with E-state index < -0.39 is 153 Å². The Morgan fingerprint density at radius 3 is 1.93 bits per heavy atom. The van der Waals surface area contributed by atoms with Gasteiger partial charge in [-0.25, -0.2) is 22.8 Å². The summed E-state index contributed by atoms with van der Waals surface area (Å²) < 4.78 is 65.2. The summed E-state index contributed by atoms with van der Waals surface area (Å²) in [5.41, 5.74) is -0.110. The number of ketones is 1. The van der Waals surface area contributed by atoms with Crippen molar-refractivity contribution in [2.75, 3.05) is 37.5 Å². The van der Waals surface area contributed by atoms with Crippen LogP contribution in [0.3, 0.4) is 0 Å². The number of esters is 5. The lowest BCUT2D eigenvalue weighted by molar-refractivity contribution is -0.346. The van der Waals surface area contributed by atoms with E-state index in [0.717, 1.165) is 32.1 Å². The van der Waals surface area contributed by atoms with Crippen LogP contribution in [0.2, 0.25) is 0 Å². The first-order valence-corrected chi connectivity index (χ1v) is 36.0. The lowest BCUT2D eigenvalue weighted by Gasteiger charge is -2.67. The average Bonchev–Trinajstić information content (AvgIpc) is 0.670. The zero-order chi connectivity index (χ0) is 73.0. The number of aliphatic hydroxyl groups excluding tert-OH is 2. The van der Waals surface area contributed by atoms with Gasteiger partial charge in [0.05, 0.1) is 54.1 Å². The molecule has 8 rings (SSSR count). The SMILES string of the molecule is CC(=O)O[C@H]1C(=O)[C@@]2(C)[C@H]([C@H](OC(=O)c3ccccc3)[C@]3(O)C[C@H](OC(=O)[C@H](O)[C@@H](NC(=O)c4ccccc4)c4ccccc4)C(C)=C1C3(C)C)[C@]1(OC(C)=O)CO[C@@H]1C[C@@H]2O.CC[C@H](C)[C@@H](CO[C@@H](Cc1ccccc1)C(=O)N[C@@H](CCS(C)(=O)=O)C(=O)OC(C)C)NC[C@@H](N)CS. The highest BCUT2D eigenvalue weighted by Crippen LogP contribution is 2.64. The minimum Gasteiger partial charge on any atom is -0.461 e. The van der Waals surface area contributed by atoms with Gasteiger partial charge in [-0.2, -0.15) is 12.6 Å². The zero-order valence-corrected chi connectivity index (χ0v) is 59.6. The van der Waals surface area contributed by atoms with Crippen molar-refractivity contribution >= 4 is 69.9 Å². The van der Waals surface area contributed by atoms with Crippen LogP contribution in [-0.4, -0.2) is 187 Å². The minimum absolute atomic E-state index is 0.00289. The van der Waals surface area contributed by atoms with Crippen molar-refractivity contribution in [3.05, 3.63) is 155 Å². The second-order valence-electron chi connectivity index (χ2n) is 27.2. The quantitative estimate of drug-likeness (QED) is 0.0151. The molecule has 99 heavy (non-hydrogen) atoms. The lowest BCUT2D eigenvalue weighted by atomic mass is 9.44. The fourth-order valence-corrected chi connectivity index (χ4v) is 14.5. The summed E-state index contributed by atoms with van der Waals surface area (Å²) in [7, 11) is -3.35. The van der Waals surface area contributed by atoms with Gasteiger partial charge in [-0.05, 0) is 86.6 Å². The van der Waals surface area contributed by atoms with E-state index in [1.54, 1.807) is 107 Å². The van der Waals surface area contributed by atoms with Crippen LogP contribution >= 0.6 is 12.6 Å². The number of carbonyl (C=O) groups is 8. The van der Waals surface area contributed by atoms with Crippen molar-refractivity contribution in [1.29, 1.82) is 0 Å². The fraction of sp³-hybridized carbons (Fsp3) is 0.534. The van der Waals surface area contributed by atoms with Gasteiger partial charge in [-0.1, -0.05) is 131 Å². The number of rotatable bonds is 28. The molecule has 26 heteroatoms. The second kappa shape index (κ2) is 33.8. The number of nitrogens with two attached hydrogens (primary N) is 1. The molecular formula is C73H96N4O20S2. The topological polar surface area (TPSA) is 358 Å². The van der Waals surface area contributed by atoms with E-state index >= 15 is 4.79 Å². The Bertz CT molecular complexity index is 3620. The smallest absolute Gasteiger partial charge is 0.338 e. The van der Waals surface area contributed by atoms with E-state index in [1.807, 2.05) is 30.3 Å². The molecule has 2 saturated carbocycles.